The van der Waals surface area contributed by atoms with E-state index in [0.717, 1.165) is 22.2 Å². The fourth-order valence-corrected chi connectivity index (χ4v) is 3.47. The molecule has 1 unspecified atom stereocenters. The maximum Gasteiger partial charge on any atom is 0.310 e. The molecule has 0 radical (unpaired) electrons. The number of Topliss-reactive ketones (excluding diaryl/α,β-unsaturated/α-hetero) is 1. The van der Waals surface area contributed by atoms with E-state index in [1.165, 1.54) is 0 Å². The van der Waals surface area contributed by atoms with E-state index in [0.29, 0.717) is 11.1 Å². The van der Waals surface area contributed by atoms with Crippen LogP contribution in [0.5, 0.6) is 5.75 Å². The Morgan fingerprint density at radius 3 is 2.42 bits per heavy atom. The van der Waals surface area contributed by atoms with Crippen LogP contribution in [0, 0.1) is 6.92 Å². The first-order chi connectivity index (χ1) is 15.1. The number of aryl methyl sites for hydroxylation is 1. The number of fused-ring (bicyclic) bond motifs is 1. The molecule has 1 aromatic heterocycles. The van der Waals surface area contributed by atoms with Crippen LogP contribution < -0.4 is 4.74 Å². The molecule has 4 rings (SSSR count). The van der Waals surface area contributed by atoms with Gasteiger partial charge in [-0.2, -0.15) is 0 Å². The highest BCUT2D eigenvalue weighted by Crippen LogP contribution is 2.27. The van der Waals surface area contributed by atoms with Crippen LogP contribution in [0.3, 0.4) is 0 Å². The van der Waals surface area contributed by atoms with Crippen molar-refractivity contribution in [1.82, 2.24) is 4.98 Å². The Labute approximate surface area is 180 Å². The second-order valence-electron chi connectivity index (χ2n) is 7.26. The van der Waals surface area contributed by atoms with E-state index in [1.807, 2.05) is 73.7 Å². The van der Waals surface area contributed by atoms with Crippen LogP contribution in [-0.4, -0.2) is 23.3 Å². The lowest BCUT2D eigenvalue weighted by atomic mass is 9.99. The summed E-state index contributed by atoms with van der Waals surface area (Å²) >= 11 is 0. The highest BCUT2D eigenvalue weighted by Gasteiger charge is 2.28. The average Bonchev–Trinajstić information content (AvgIpc) is 3.23. The number of carbonyl (C=O) groups is 2. The van der Waals surface area contributed by atoms with Crippen molar-refractivity contribution in [3.8, 4) is 5.75 Å². The number of nitrogens with one attached hydrogen (secondary N) is 1. The number of aromatic amines is 1. The molecule has 5 heteroatoms. The smallest absolute Gasteiger partial charge is 0.310 e. The van der Waals surface area contributed by atoms with Crippen molar-refractivity contribution < 1.29 is 19.1 Å². The lowest BCUT2D eigenvalue weighted by molar-refractivity contribution is -0.147. The number of hydrogen-bond acceptors (Lipinski definition) is 4. The van der Waals surface area contributed by atoms with Crippen LogP contribution in [-0.2, 0) is 9.53 Å². The Morgan fingerprint density at radius 1 is 0.903 bits per heavy atom. The molecule has 0 aliphatic carbocycles. The molecule has 3 aromatic carbocycles. The predicted octanol–water partition coefficient (Wildman–Crippen LogP) is 5.41. The van der Waals surface area contributed by atoms with Gasteiger partial charge in [-0.25, -0.2) is 0 Å². The molecule has 0 saturated heterocycles. The Morgan fingerprint density at radius 2 is 1.61 bits per heavy atom. The van der Waals surface area contributed by atoms with E-state index in [9.17, 15) is 9.59 Å². The Hall–Kier alpha value is -3.86. The molecule has 5 nitrogen and oxygen atoms in total. The fourth-order valence-electron chi connectivity index (χ4n) is 3.47. The second-order valence-corrected chi connectivity index (χ2v) is 7.26. The number of ketones is 1. The summed E-state index contributed by atoms with van der Waals surface area (Å²) < 4.78 is 11.4. The lowest BCUT2D eigenvalue weighted by Crippen LogP contribution is -2.21. The third kappa shape index (κ3) is 4.67. The molecule has 156 valence electrons. The van der Waals surface area contributed by atoms with Gasteiger partial charge >= 0.3 is 5.97 Å². The average molecular weight is 413 g/mol. The molecular formula is C26H23NO4. The summed E-state index contributed by atoms with van der Waals surface area (Å²) in [7, 11) is 0. The fraction of sp³-hybridized carbons (Fsp3) is 0.154. The van der Waals surface area contributed by atoms with Gasteiger partial charge in [0.25, 0.3) is 0 Å². The highest BCUT2D eigenvalue weighted by molar-refractivity contribution is 6.10. The van der Waals surface area contributed by atoms with Gasteiger partial charge in [-0.05, 0) is 24.6 Å². The van der Waals surface area contributed by atoms with Crippen molar-refractivity contribution in [2.24, 2.45) is 0 Å². The summed E-state index contributed by atoms with van der Waals surface area (Å²) in [6, 6.07) is 24.2. The number of H-pyrrole nitrogens is 1. The van der Waals surface area contributed by atoms with Crippen molar-refractivity contribution >= 4 is 22.7 Å². The number of para-hydroxylation sites is 2. The Balaban J connectivity index is 1.50. The maximum absolute atomic E-state index is 13.4. The van der Waals surface area contributed by atoms with Gasteiger partial charge in [0.1, 0.15) is 5.75 Å². The van der Waals surface area contributed by atoms with E-state index in [-0.39, 0.29) is 18.8 Å². The normalized spacial score (nSPS) is 11.8. The molecule has 4 aromatic rings. The third-order valence-electron chi connectivity index (χ3n) is 5.10. The zero-order valence-electron chi connectivity index (χ0n) is 17.2. The zero-order valence-corrected chi connectivity index (χ0v) is 17.2. The molecule has 0 fully saturated rings. The molecule has 31 heavy (non-hydrogen) atoms. The number of aromatic nitrogens is 1. The van der Waals surface area contributed by atoms with Gasteiger partial charge in [-0.15, -0.1) is 0 Å². The number of benzene rings is 3. The zero-order chi connectivity index (χ0) is 21.6. The summed E-state index contributed by atoms with van der Waals surface area (Å²) in [5.41, 5.74) is 2.97. The Kier molecular flexibility index (Phi) is 6.13. The molecule has 1 atom stereocenters. The van der Waals surface area contributed by atoms with E-state index in [4.69, 9.17) is 9.47 Å². The maximum atomic E-state index is 13.4. The Bertz CT molecular complexity index is 1200. The summed E-state index contributed by atoms with van der Waals surface area (Å²) in [5, 5.41) is 0.798. The van der Waals surface area contributed by atoms with Crippen LogP contribution >= 0.6 is 0 Å². The van der Waals surface area contributed by atoms with E-state index >= 15 is 0 Å². The molecule has 0 saturated carbocycles. The summed E-state index contributed by atoms with van der Waals surface area (Å²) in [4.78, 5) is 29.0. The first-order valence-electron chi connectivity index (χ1n) is 10.2. The molecule has 1 heterocycles. The van der Waals surface area contributed by atoms with E-state index in [2.05, 4.69) is 4.98 Å². The van der Waals surface area contributed by atoms with Gasteiger partial charge in [0.15, 0.2) is 6.10 Å². The van der Waals surface area contributed by atoms with Gasteiger partial charge < -0.3 is 14.5 Å². The number of rotatable bonds is 8. The van der Waals surface area contributed by atoms with Gasteiger partial charge in [0, 0.05) is 28.2 Å². The SMILES string of the molecule is Cc1ccccc1OCCC(=O)OC(C(=O)c1c[nH]c2ccccc12)c1ccccc1. The number of ether oxygens (including phenoxy) is 2. The molecule has 0 spiro atoms. The molecule has 0 amide bonds. The highest BCUT2D eigenvalue weighted by atomic mass is 16.5. The van der Waals surface area contributed by atoms with Gasteiger partial charge in [-0.1, -0.05) is 66.7 Å². The molecule has 0 aliphatic rings. The first kappa shape index (κ1) is 20.4. The monoisotopic (exact) mass is 413 g/mol. The van der Waals surface area contributed by atoms with Crippen LogP contribution in [0.2, 0.25) is 0 Å². The summed E-state index contributed by atoms with van der Waals surface area (Å²) in [5.74, 6) is -0.0303. The number of carbonyl (C=O) groups excluding carboxylic acids is 2. The molecule has 0 aliphatic heterocycles. The van der Waals surface area contributed by atoms with Crippen LogP contribution in [0.25, 0.3) is 10.9 Å². The summed E-state index contributed by atoms with van der Waals surface area (Å²) in [6.45, 7) is 2.12. The number of esters is 1. The quantitative estimate of drug-likeness (QED) is 0.310. The molecule has 0 bridgehead atoms. The van der Waals surface area contributed by atoms with E-state index < -0.39 is 12.1 Å². The van der Waals surface area contributed by atoms with Gasteiger partial charge in [-0.3, -0.25) is 9.59 Å². The van der Waals surface area contributed by atoms with Crippen LogP contribution in [0.15, 0.2) is 85.1 Å². The van der Waals surface area contributed by atoms with Crippen molar-refractivity contribution in [3.63, 3.8) is 0 Å². The standard InChI is InChI=1S/C26H23NO4/c1-18-9-5-8-14-23(18)30-16-15-24(28)31-26(19-10-3-2-4-11-19)25(29)21-17-27-22-13-7-6-12-20(21)22/h2-14,17,26-27H,15-16H2,1H3. The molecule has 1 N–H and O–H groups in total. The van der Waals surface area contributed by atoms with Gasteiger partial charge in [0.05, 0.1) is 13.0 Å². The first-order valence-corrected chi connectivity index (χ1v) is 10.2. The minimum absolute atomic E-state index is 0.0405. The van der Waals surface area contributed by atoms with Crippen molar-refractivity contribution in [3.05, 3.63) is 102 Å². The van der Waals surface area contributed by atoms with Gasteiger partial charge in [0.2, 0.25) is 5.78 Å². The van der Waals surface area contributed by atoms with Crippen molar-refractivity contribution in [2.45, 2.75) is 19.4 Å². The van der Waals surface area contributed by atoms with E-state index in [1.54, 1.807) is 18.3 Å². The summed E-state index contributed by atoms with van der Waals surface area (Å²) in [6.07, 6.45) is 0.683. The second kappa shape index (κ2) is 9.30. The van der Waals surface area contributed by atoms with Crippen molar-refractivity contribution in [2.75, 3.05) is 6.61 Å². The lowest BCUT2D eigenvalue weighted by Gasteiger charge is -2.17. The van der Waals surface area contributed by atoms with Crippen LogP contribution in [0.4, 0.5) is 0 Å². The largest absolute Gasteiger partial charge is 0.493 e. The minimum Gasteiger partial charge on any atom is -0.493 e. The topological polar surface area (TPSA) is 68.4 Å². The third-order valence-corrected chi connectivity index (χ3v) is 5.10. The number of hydrogen-bond donors (Lipinski definition) is 1. The minimum atomic E-state index is -1.02. The van der Waals surface area contributed by atoms with Crippen molar-refractivity contribution in [1.29, 1.82) is 0 Å². The predicted molar refractivity (Wildman–Crippen MR) is 119 cm³/mol. The van der Waals surface area contributed by atoms with Crippen LogP contribution in [0.1, 0.15) is 34.0 Å². The molecular weight excluding hydrogens is 390 g/mol.